The third-order valence-electron chi connectivity index (χ3n) is 9.65. The Morgan fingerprint density at radius 3 is 2.58 bits per heavy atom. The van der Waals surface area contributed by atoms with E-state index in [1.165, 1.54) is 31.3 Å². The fourth-order valence-electron chi connectivity index (χ4n) is 7.33. The molecule has 0 amide bonds. The molecule has 0 spiro atoms. The van der Waals surface area contributed by atoms with Crippen LogP contribution in [0.5, 0.6) is 0 Å². The lowest BCUT2D eigenvalue weighted by Gasteiger charge is -2.45. The highest BCUT2D eigenvalue weighted by Gasteiger charge is 2.53. The zero-order valence-electron chi connectivity index (χ0n) is 20.9. The second-order valence-corrected chi connectivity index (χ2v) is 12.0. The van der Waals surface area contributed by atoms with Crippen molar-refractivity contribution in [2.24, 2.45) is 28.6 Å². The number of ether oxygens (including phenoxy) is 1. The molecule has 1 heterocycles. The molecule has 4 fully saturated rings. The van der Waals surface area contributed by atoms with Crippen molar-refractivity contribution in [1.29, 1.82) is 0 Å². The predicted molar refractivity (Wildman–Crippen MR) is 131 cm³/mol. The van der Waals surface area contributed by atoms with E-state index in [-0.39, 0.29) is 22.9 Å². The van der Waals surface area contributed by atoms with Crippen molar-refractivity contribution in [3.63, 3.8) is 0 Å². The fourth-order valence-corrected chi connectivity index (χ4v) is 7.33. The van der Waals surface area contributed by atoms with Crippen LogP contribution in [0.4, 0.5) is 0 Å². The van der Waals surface area contributed by atoms with Gasteiger partial charge in [-0.15, -0.1) is 0 Å². The number of aliphatic hydroxyl groups is 2. The van der Waals surface area contributed by atoms with Crippen LogP contribution in [0, 0.1) is 28.6 Å². The van der Waals surface area contributed by atoms with E-state index in [1.807, 2.05) is 0 Å². The van der Waals surface area contributed by atoms with E-state index < -0.39 is 12.2 Å². The lowest BCUT2D eigenvalue weighted by Crippen LogP contribution is -2.38. The van der Waals surface area contributed by atoms with Gasteiger partial charge < -0.3 is 14.9 Å². The summed E-state index contributed by atoms with van der Waals surface area (Å²) in [6.45, 7) is 17.0. The minimum atomic E-state index is -0.642. The van der Waals surface area contributed by atoms with Crippen molar-refractivity contribution in [3.8, 4) is 0 Å². The van der Waals surface area contributed by atoms with Crippen LogP contribution in [-0.2, 0) is 9.53 Å². The molecule has 1 saturated heterocycles. The predicted octanol–water partition coefficient (Wildman–Crippen LogP) is 5.66. The third-order valence-corrected chi connectivity index (χ3v) is 9.65. The summed E-state index contributed by atoms with van der Waals surface area (Å²) in [5.41, 5.74) is 3.80. The van der Waals surface area contributed by atoms with E-state index in [1.54, 1.807) is 0 Å². The molecule has 182 valence electrons. The number of hydrogen-bond donors (Lipinski definition) is 2. The molecule has 33 heavy (non-hydrogen) atoms. The van der Waals surface area contributed by atoms with Gasteiger partial charge in [-0.3, -0.25) is 0 Å². The Labute approximate surface area is 199 Å². The molecule has 4 aliphatic rings. The number of cyclic esters (lactones) is 1. The molecule has 0 radical (unpaired) electrons. The Morgan fingerprint density at radius 1 is 1.18 bits per heavy atom. The molecular weight excluding hydrogens is 412 g/mol. The fraction of sp³-hybridized carbons (Fsp3) is 0.690. The first-order chi connectivity index (χ1) is 15.4. The zero-order chi connectivity index (χ0) is 24.1. The van der Waals surface area contributed by atoms with Crippen molar-refractivity contribution in [2.75, 3.05) is 0 Å². The lowest BCUT2D eigenvalue weighted by atomic mass is 9.60. The van der Waals surface area contributed by atoms with Crippen molar-refractivity contribution in [2.45, 2.75) is 97.4 Å². The SMILES string of the molecule is C=C1/C(=C\C=C2/CCC[C@]3(C)[C@@H]([C@H](C)CC4OC(=O)C(=C)C4(C)C)CC[C@@H]23)C[C@@H](O)C[C@@H]1O. The van der Waals surface area contributed by atoms with Crippen LogP contribution < -0.4 is 0 Å². The van der Waals surface area contributed by atoms with E-state index in [2.05, 4.69) is 53.0 Å². The van der Waals surface area contributed by atoms with Gasteiger partial charge in [0, 0.05) is 17.4 Å². The van der Waals surface area contributed by atoms with Gasteiger partial charge in [-0.25, -0.2) is 4.79 Å². The number of allylic oxidation sites excluding steroid dienone is 3. The highest BCUT2D eigenvalue weighted by atomic mass is 16.6. The summed E-state index contributed by atoms with van der Waals surface area (Å²) in [5, 5.41) is 20.3. The second-order valence-electron chi connectivity index (χ2n) is 12.0. The summed E-state index contributed by atoms with van der Waals surface area (Å²) in [7, 11) is 0. The van der Waals surface area contributed by atoms with Gasteiger partial charge >= 0.3 is 5.97 Å². The van der Waals surface area contributed by atoms with E-state index in [9.17, 15) is 15.0 Å². The zero-order valence-corrected chi connectivity index (χ0v) is 20.9. The number of carbonyl (C=O) groups is 1. The van der Waals surface area contributed by atoms with Crippen LogP contribution in [0.3, 0.4) is 0 Å². The van der Waals surface area contributed by atoms with Crippen molar-refractivity contribution in [1.82, 2.24) is 0 Å². The lowest BCUT2D eigenvalue weighted by molar-refractivity contribution is -0.140. The van der Waals surface area contributed by atoms with Crippen LogP contribution in [0.2, 0.25) is 0 Å². The van der Waals surface area contributed by atoms with Crippen LogP contribution in [0.25, 0.3) is 0 Å². The Balaban J connectivity index is 1.50. The van der Waals surface area contributed by atoms with Crippen LogP contribution in [0.1, 0.15) is 79.1 Å². The molecule has 4 nitrogen and oxygen atoms in total. The molecule has 0 aromatic rings. The Kier molecular flexibility index (Phi) is 6.56. The molecule has 2 N–H and O–H groups in total. The number of hydrogen-bond acceptors (Lipinski definition) is 4. The van der Waals surface area contributed by atoms with E-state index >= 15 is 0 Å². The van der Waals surface area contributed by atoms with Gasteiger partial charge in [-0.2, -0.15) is 0 Å². The number of esters is 1. The highest BCUT2D eigenvalue weighted by Crippen LogP contribution is 2.60. The molecule has 3 aliphatic carbocycles. The number of fused-ring (bicyclic) bond motifs is 1. The first-order valence-electron chi connectivity index (χ1n) is 12.8. The maximum Gasteiger partial charge on any atom is 0.334 e. The Hall–Kier alpha value is -1.65. The summed E-state index contributed by atoms with van der Waals surface area (Å²) in [6, 6.07) is 0. The maximum atomic E-state index is 12.1. The summed E-state index contributed by atoms with van der Waals surface area (Å²) in [5.74, 6) is 1.42. The van der Waals surface area contributed by atoms with Gasteiger partial charge in [0.2, 0.25) is 0 Å². The quantitative estimate of drug-likeness (QED) is 0.425. The average molecular weight is 455 g/mol. The first-order valence-corrected chi connectivity index (χ1v) is 12.8. The summed E-state index contributed by atoms with van der Waals surface area (Å²) in [6.07, 6.45) is 11.0. The Morgan fingerprint density at radius 2 is 1.91 bits per heavy atom. The molecule has 0 aromatic carbocycles. The van der Waals surface area contributed by atoms with Crippen molar-refractivity contribution >= 4 is 5.97 Å². The molecule has 0 aromatic heterocycles. The topological polar surface area (TPSA) is 66.8 Å². The number of rotatable bonds is 4. The average Bonchev–Trinajstić information content (AvgIpc) is 3.19. The van der Waals surface area contributed by atoms with Crippen LogP contribution in [-0.4, -0.2) is 34.5 Å². The standard InChI is InChI=1S/C29H42O4/c1-17(14-26-28(4,5)19(3)27(32)33-26)23-11-12-24-20(8-7-13-29(23,24)6)9-10-21-15-22(30)16-25(31)18(21)2/h9-10,17,22-26,30-31H,2-3,7-8,11-16H2,1,4-6H3/b20-9+,21-10-/t17-,22-,23-,24+,25+,26?,29-/m1/s1. The molecule has 1 unspecified atom stereocenters. The minimum Gasteiger partial charge on any atom is -0.458 e. The van der Waals surface area contributed by atoms with Gasteiger partial charge in [-0.1, -0.05) is 58.6 Å². The third kappa shape index (κ3) is 4.30. The molecule has 4 heteroatoms. The van der Waals surface area contributed by atoms with Crippen molar-refractivity contribution < 1.29 is 19.7 Å². The van der Waals surface area contributed by atoms with E-state index in [0.717, 1.165) is 24.0 Å². The highest BCUT2D eigenvalue weighted by molar-refractivity contribution is 5.91. The van der Waals surface area contributed by atoms with Crippen molar-refractivity contribution in [3.05, 3.63) is 47.6 Å². The molecule has 1 aliphatic heterocycles. The van der Waals surface area contributed by atoms with E-state index in [0.29, 0.717) is 36.2 Å². The van der Waals surface area contributed by atoms with Gasteiger partial charge in [-0.05, 0) is 79.3 Å². The largest absolute Gasteiger partial charge is 0.458 e. The van der Waals surface area contributed by atoms with Crippen LogP contribution >= 0.6 is 0 Å². The Bertz CT molecular complexity index is 893. The molecule has 7 atom stereocenters. The number of aliphatic hydroxyl groups excluding tert-OH is 2. The molecule has 4 rings (SSSR count). The molecule has 3 saturated carbocycles. The van der Waals surface area contributed by atoms with Gasteiger partial charge in [0.1, 0.15) is 6.10 Å². The van der Waals surface area contributed by atoms with Gasteiger partial charge in [0.15, 0.2) is 0 Å². The van der Waals surface area contributed by atoms with Gasteiger partial charge in [0.05, 0.1) is 12.2 Å². The number of carbonyl (C=O) groups excluding carboxylic acids is 1. The van der Waals surface area contributed by atoms with E-state index in [4.69, 9.17) is 4.74 Å². The second kappa shape index (κ2) is 8.85. The van der Waals surface area contributed by atoms with Gasteiger partial charge in [0.25, 0.3) is 0 Å². The first kappa shape index (κ1) is 24.5. The minimum absolute atomic E-state index is 0.0892. The summed E-state index contributed by atoms with van der Waals surface area (Å²) in [4.78, 5) is 12.1. The maximum absolute atomic E-state index is 12.1. The van der Waals surface area contributed by atoms with Crippen LogP contribution in [0.15, 0.2) is 47.6 Å². The molecule has 0 bridgehead atoms. The smallest absolute Gasteiger partial charge is 0.334 e. The summed E-state index contributed by atoms with van der Waals surface area (Å²) < 4.78 is 5.74. The molecular formula is C29H42O4. The normalized spacial score (nSPS) is 42.0. The monoisotopic (exact) mass is 454 g/mol. The summed E-state index contributed by atoms with van der Waals surface area (Å²) >= 11 is 0.